The van der Waals surface area contributed by atoms with Gasteiger partial charge >= 0.3 is 5.97 Å². The fraction of sp³-hybridized carbons (Fsp3) is 0.111. The van der Waals surface area contributed by atoms with E-state index in [4.69, 9.17) is 4.74 Å². The number of aromatic nitrogens is 4. The summed E-state index contributed by atoms with van der Waals surface area (Å²) in [7, 11) is 0. The third-order valence-corrected chi connectivity index (χ3v) is 4.34. The summed E-state index contributed by atoms with van der Waals surface area (Å²) in [6.07, 6.45) is 1.78. The summed E-state index contributed by atoms with van der Waals surface area (Å²) >= 11 is 3.54. The molecule has 3 heterocycles. The van der Waals surface area contributed by atoms with Crippen LogP contribution in [0.5, 0.6) is 5.75 Å². The summed E-state index contributed by atoms with van der Waals surface area (Å²) in [5.74, 6) is 0.141. The van der Waals surface area contributed by atoms with E-state index in [2.05, 4.69) is 31.0 Å². The van der Waals surface area contributed by atoms with Crippen LogP contribution in [-0.2, 0) is 4.79 Å². The first-order valence-electron chi connectivity index (χ1n) is 7.62. The summed E-state index contributed by atoms with van der Waals surface area (Å²) in [6, 6.07) is 11.2. The van der Waals surface area contributed by atoms with Gasteiger partial charge in [-0.1, -0.05) is 12.1 Å². The van der Waals surface area contributed by atoms with Gasteiger partial charge in [0.1, 0.15) is 10.4 Å². The first-order valence-corrected chi connectivity index (χ1v) is 8.41. The first-order chi connectivity index (χ1) is 12.0. The van der Waals surface area contributed by atoms with Crippen LogP contribution in [0.25, 0.3) is 27.8 Å². The van der Waals surface area contributed by atoms with Gasteiger partial charge in [-0.3, -0.25) is 4.79 Å². The van der Waals surface area contributed by atoms with Crippen molar-refractivity contribution < 1.29 is 9.53 Å². The Kier molecular flexibility index (Phi) is 3.73. The minimum atomic E-state index is -0.353. The predicted molar refractivity (Wildman–Crippen MR) is 97.5 cm³/mol. The molecule has 0 aliphatic carbocycles. The number of halogens is 1. The van der Waals surface area contributed by atoms with Gasteiger partial charge in [0.15, 0.2) is 11.3 Å². The number of aryl methyl sites for hydroxylation is 1. The SMILES string of the molecule is CC(=O)Oc1cccc(-c2cc3cnc4cc(C)nn4c3nc2Br)c1. The van der Waals surface area contributed by atoms with E-state index in [1.807, 2.05) is 31.2 Å². The molecule has 0 saturated heterocycles. The Bertz CT molecular complexity index is 1140. The van der Waals surface area contributed by atoms with Crippen LogP contribution in [0.3, 0.4) is 0 Å². The molecule has 0 spiro atoms. The fourth-order valence-corrected chi connectivity index (χ4v) is 3.24. The smallest absolute Gasteiger partial charge is 0.308 e. The number of fused-ring (bicyclic) bond motifs is 3. The molecule has 1 aromatic carbocycles. The van der Waals surface area contributed by atoms with E-state index >= 15 is 0 Å². The average Bonchev–Trinajstić information content (AvgIpc) is 2.95. The Morgan fingerprint density at radius 2 is 2.08 bits per heavy atom. The highest BCUT2D eigenvalue weighted by Crippen LogP contribution is 2.32. The second-order valence-electron chi connectivity index (χ2n) is 5.67. The zero-order valence-electron chi connectivity index (χ0n) is 13.5. The Hall–Kier alpha value is -2.80. The maximum atomic E-state index is 11.2. The third kappa shape index (κ3) is 2.87. The molecule has 0 unspecified atom stereocenters. The highest BCUT2D eigenvalue weighted by molar-refractivity contribution is 9.10. The maximum Gasteiger partial charge on any atom is 0.308 e. The van der Waals surface area contributed by atoms with E-state index in [1.54, 1.807) is 22.8 Å². The average molecular weight is 397 g/mol. The minimum absolute atomic E-state index is 0.353. The number of pyridine rings is 1. The van der Waals surface area contributed by atoms with Crippen LogP contribution in [0.15, 0.2) is 47.2 Å². The number of ether oxygens (including phenoxy) is 1. The van der Waals surface area contributed by atoms with Crippen molar-refractivity contribution >= 4 is 38.6 Å². The molecule has 0 atom stereocenters. The molecule has 0 N–H and O–H groups in total. The van der Waals surface area contributed by atoms with Crippen LogP contribution in [0, 0.1) is 6.92 Å². The Morgan fingerprint density at radius 3 is 2.88 bits per heavy atom. The van der Waals surface area contributed by atoms with Crippen molar-refractivity contribution in [2.75, 3.05) is 0 Å². The molecule has 124 valence electrons. The van der Waals surface area contributed by atoms with Crippen molar-refractivity contribution in [3.05, 3.63) is 52.9 Å². The molecule has 0 radical (unpaired) electrons. The monoisotopic (exact) mass is 396 g/mol. The lowest BCUT2D eigenvalue weighted by molar-refractivity contribution is -0.131. The highest BCUT2D eigenvalue weighted by atomic mass is 79.9. The number of hydrogen-bond donors (Lipinski definition) is 0. The maximum absolute atomic E-state index is 11.2. The molecular weight excluding hydrogens is 384 g/mol. The summed E-state index contributed by atoms with van der Waals surface area (Å²) in [5.41, 5.74) is 4.14. The number of carbonyl (C=O) groups is 1. The lowest BCUT2D eigenvalue weighted by Gasteiger charge is -2.09. The molecule has 4 rings (SSSR count). The van der Waals surface area contributed by atoms with Gasteiger partial charge in [-0.25, -0.2) is 9.97 Å². The Balaban J connectivity index is 1.89. The van der Waals surface area contributed by atoms with E-state index in [9.17, 15) is 4.79 Å². The van der Waals surface area contributed by atoms with E-state index < -0.39 is 0 Å². The zero-order chi connectivity index (χ0) is 17.6. The van der Waals surface area contributed by atoms with Gasteiger partial charge in [0, 0.05) is 30.1 Å². The molecule has 0 amide bonds. The Morgan fingerprint density at radius 1 is 1.24 bits per heavy atom. The van der Waals surface area contributed by atoms with Crippen molar-refractivity contribution in [2.24, 2.45) is 0 Å². The van der Waals surface area contributed by atoms with Gasteiger partial charge in [-0.2, -0.15) is 9.61 Å². The highest BCUT2D eigenvalue weighted by Gasteiger charge is 2.12. The van der Waals surface area contributed by atoms with Gasteiger partial charge < -0.3 is 4.74 Å². The normalized spacial score (nSPS) is 11.2. The van der Waals surface area contributed by atoms with E-state index in [1.165, 1.54) is 6.92 Å². The quantitative estimate of drug-likeness (QED) is 0.291. The standard InChI is InChI=1S/C18H13BrN4O2/c1-10-6-16-20-9-13-8-15(17(19)21-18(13)23(16)22-10)12-4-3-5-14(7-12)25-11(2)24/h3-9H,1-2H3. The van der Waals surface area contributed by atoms with E-state index in [0.717, 1.165) is 33.5 Å². The van der Waals surface area contributed by atoms with Crippen molar-refractivity contribution in [1.29, 1.82) is 0 Å². The summed E-state index contributed by atoms with van der Waals surface area (Å²) in [5, 5.41) is 5.31. The van der Waals surface area contributed by atoms with Crippen molar-refractivity contribution in [3.8, 4) is 16.9 Å². The lowest BCUT2D eigenvalue weighted by Crippen LogP contribution is -2.01. The van der Waals surface area contributed by atoms with E-state index in [-0.39, 0.29) is 5.97 Å². The molecule has 0 bridgehead atoms. The minimum Gasteiger partial charge on any atom is -0.427 e. The molecular formula is C18H13BrN4O2. The summed E-state index contributed by atoms with van der Waals surface area (Å²) < 4.78 is 7.57. The third-order valence-electron chi connectivity index (χ3n) is 3.74. The number of hydrogen-bond acceptors (Lipinski definition) is 5. The lowest BCUT2D eigenvalue weighted by atomic mass is 10.1. The van der Waals surface area contributed by atoms with Crippen molar-refractivity contribution in [2.45, 2.75) is 13.8 Å². The molecule has 0 fully saturated rings. The van der Waals surface area contributed by atoms with Gasteiger partial charge in [0.2, 0.25) is 0 Å². The van der Waals surface area contributed by atoms with Crippen LogP contribution in [0.2, 0.25) is 0 Å². The zero-order valence-corrected chi connectivity index (χ0v) is 15.1. The van der Waals surface area contributed by atoms with Gasteiger partial charge in [0.25, 0.3) is 0 Å². The molecule has 7 heteroatoms. The molecule has 25 heavy (non-hydrogen) atoms. The fourth-order valence-electron chi connectivity index (χ4n) is 2.73. The van der Waals surface area contributed by atoms with Crippen molar-refractivity contribution in [3.63, 3.8) is 0 Å². The second kappa shape index (κ2) is 5.93. The van der Waals surface area contributed by atoms with Crippen LogP contribution in [0.4, 0.5) is 0 Å². The summed E-state index contributed by atoms with van der Waals surface area (Å²) in [6.45, 7) is 3.30. The van der Waals surface area contributed by atoms with Crippen LogP contribution in [0.1, 0.15) is 12.6 Å². The molecule has 0 aliphatic rings. The van der Waals surface area contributed by atoms with Crippen LogP contribution in [-0.4, -0.2) is 25.6 Å². The van der Waals surface area contributed by atoms with E-state index in [0.29, 0.717) is 10.4 Å². The van der Waals surface area contributed by atoms with Crippen LogP contribution < -0.4 is 4.74 Å². The Labute approximate surface area is 151 Å². The second-order valence-corrected chi connectivity index (χ2v) is 6.43. The first kappa shape index (κ1) is 15.7. The number of carbonyl (C=O) groups excluding carboxylic acids is 1. The number of nitrogens with zero attached hydrogens (tertiary/aromatic N) is 4. The van der Waals surface area contributed by atoms with Gasteiger partial charge in [-0.05, 0) is 46.6 Å². The summed E-state index contributed by atoms with van der Waals surface area (Å²) in [4.78, 5) is 20.2. The molecule has 4 aromatic rings. The molecule has 0 saturated carbocycles. The number of rotatable bonds is 2. The largest absolute Gasteiger partial charge is 0.427 e. The molecule has 6 nitrogen and oxygen atoms in total. The van der Waals surface area contributed by atoms with Crippen molar-refractivity contribution in [1.82, 2.24) is 19.6 Å². The molecule has 3 aromatic heterocycles. The topological polar surface area (TPSA) is 69.4 Å². The van der Waals surface area contributed by atoms with Gasteiger partial charge in [0.05, 0.1) is 5.69 Å². The van der Waals surface area contributed by atoms with Gasteiger partial charge in [-0.15, -0.1) is 0 Å². The molecule has 0 aliphatic heterocycles. The number of benzene rings is 1. The predicted octanol–water partition coefficient (Wildman–Crippen LogP) is 3.94. The number of esters is 1. The van der Waals surface area contributed by atoms with Crippen LogP contribution >= 0.6 is 15.9 Å².